The Kier molecular flexibility index (Phi) is 22.4. The van der Waals surface area contributed by atoms with E-state index in [1.54, 1.807) is 18.5 Å². The highest BCUT2D eigenvalue weighted by Crippen LogP contribution is 2.48. The fraction of sp³-hybridized carbons (Fsp3) is 0.407. The van der Waals surface area contributed by atoms with Crippen LogP contribution in [0, 0.1) is 41.0 Å². The molecule has 3 amide bonds. The number of pyridine rings is 3. The second-order valence-electron chi connectivity index (χ2n) is 28.2. The molecule has 3 aromatic carbocycles. The van der Waals surface area contributed by atoms with Gasteiger partial charge < -0.3 is 90.5 Å². The predicted octanol–water partition coefficient (Wildman–Crippen LogP) is 12.1. The second-order valence-corrected chi connectivity index (χ2v) is 28.9. The van der Waals surface area contributed by atoms with Crippen LogP contribution >= 0.6 is 23.2 Å². The van der Waals surface area contributed by atoms with Crippen molar-refractivity contribution >= 4 is 109 Å². The van der Waals surface area contributed by atoms with Gasteiger partial charge in [0, 0.05) is 98.0 Å². The predicted molar refractivity (Wildman–Crippen MR) is 436 cm³/mol. The molecule has 6 fully saturated rings. The van der Waals surface area contributed by atoms with Crippen LogP contribution < -0.4 is 76.3 Å². The molecule has 9 aromatic rings. The maximum Gasteiger partial charge on any atom is 0.243 e. The Morgan fingerprint density at radius 3 is 1.01 bits per heavy atom. The Hall–Kier alpha value is -11.5. The Labute approximate surface area is 698 Å². The van der Waals surface area contributed by atoms with Crippen LogP contribution in [0.3, 0.4) is 0 Å². The van der Waals surface area contributed by atoms with E-state index in [1.807, 2.05) is 0 Å². The highest BCUT2D eigenvalue weighted by molar-refractivity contribution is 6.41. The van der Waals surface area contributed by atoms with Crippen LogP contribution in [0.5, 0.6) is 34.5 Å². The molecule has 618 valence electrons. The van der Waals surface area contributed by atoms with E-state index >= 15 is 17.6 Å². The van der Waals surface area contributed by atoms with Gasteiger partial charge in [-0.1, -0.05) is 42.9 Å². The number of hydrogen-bond donors (Lipinski definition) is 9. The quantitative estimate of drug-likeness (QED) is 0.0149. The van der Waals surface area contributed by atoms with E-state index < -0.39 is 68.5 Å². The summed E-state index contributed by atoms with van der Waals surface area (Å²) in [6, 6.07) is 5.38. The lowest BCUT2D eigenvalue weighted by atomic mass is 10.0. The van der Waals surface area contributed by atoms with Gasteiger partial charge in [-0.3, -0.25) is 14.4 Å². The van der Waals surface area contributed by atoms with Crippen LogP contribution in [0.25, 0.3) is 66.5 Å². The van der Waals surface area contributed by atoms with Crippen molar-refractivity contribution in [1.82, 2.24) is 60.8 Å². The Bertz CT molecular complexity index is 5360. The van der Waals surface area contributed by atoms with Gasteiger partial charge in [-0.15, -0.1) is 0 Å². The molecule has 15 rings (SSSR count). The number of halogens is 6. The molecule has 30 nitrogen and oxygen atoms in total. The van der Waals surface area contributed by atoms with Crippen LogP contribution in [0.15, 0.2) is 93.0 Å². The van der Waals surface area contributed by atoms with Gasteiger partial charge in [0.1, 0.15) is 28.0 Å². The lowest BCUT2D eigenvalue weighted by Crippen LogP contribution is -2.52. The largest absolute Gasteiger partial charge is 0.495 e. The summed E-state index contributed by atoms with van der Waals surface area (Å²) in [5, 5.41) is 29.1. The fourth-order valence-electron chi connectivity index (χ4n) is 13.2. The van der Waals surface area contributed by atoms with Crippen molar-refractivity contribution < 1.29 is 91.0 Å². The first-order chi connectivity index (χ1) is 61.3. The average molecular weight is 1670 g/mol. The minimum Gasteiger partial charge on any atom is -0.495 e. The van der Waals surface area contributed by atoms with E-state index in [0.29, 0.717) is 146 Å². The van der Waals surface area contributed by atoms with Crippen molar-refractivity contribution in [2.24, 2.45) is 17.8 Å². The first kappa shape index (κ1) is 68.7. The monoisotopic (exact) mass is 1660 g/mol. The number of ether oxygens (including phenoxy) is 9. The van der Waals surface area contributed by atoms with Crippen LogP contribution in [0.4, 0.5) is 52.9 Å². The molecule has 0 spiro atoms. The molecule has 6 aliphatic rings. The molecule has 9 heterocycles. The number of carbonyl (C=O) groups excluding carboxylic acids is 3. The Morgan fingerprint density at radius 1 is 0.427 bits per heavy atom. The minimum atomic E-state index is -3.14. The first-order valence-electron chi connectivity index (χ1n) is 43.3. The van der Waals surface area contributed by atoms with Crippen LogP contribution in [-0.4, -0.2) is 200 Å². The molecule has 9 N–H and O–H groups in total. The summed E-state index contributed by atoms with van der Waals surface area (Å²) in [6.07, 6.45) is 16.2. The summed E-state index contributed by atoms with van der Waals surface area (Å²) in [5.74, 6) is -5.54. The van der Waals surface area contributed by atoms with E-state index in [1.165, 1.54) is 50.8 Å². The van der Waals surface area contributed by atoms with Gasteiger partial charge in [0.25, 0.3) is 0 Å². The van der Waals surface area contributed by atoms with Crippen molar-refractivity contribution in [2.75, 3.05) is 134 Å². The van der Waals surface area contributed by atoms with Gasteiger partial charge in [-0.25, -0.2) is 62.4 Å². The number of aromatic nitrogens is 9. The van der Waals surface area contributed by atoms with E-state index in [-0.39, 0.29) is 140 Å². The molecule has 0 bridgehead atoms. The van der Waals surface area contributed by atoms with Crippen LogP contribution in [0.1, 0.15) is 74.2 Å². The molecular formula is C81H90Cl2F4N18O12. The van der Waals surface area contributed by atoms with E-state index in [0.717, 1.165) is 50.7 Å². The number of benzene rings is 3. The summed E-state index contributed by atoms with van der Waals surface area (Å²) in [4.78, 5) is 76.8. The summed E-state index contributed by atoms with van der Waals surface area (Å²) in [7, 11) is -9.52. The Morgan fingerprint density at radius 2 is 0.718 bits per heavy atom. The number of carbonyl (C=O) groups is 3. The molecule has 0 radical (unpaired) electrons. The van der Waals surface area contributed by atoms with Crippen molar-refractivity contribution in [3.05, 3.63) is 126 Å². The molecule has 117 heavy (non-hydrogen) atoms. The maximum atomic E-state index is 15.7. The van der Waals surface area contributed by atoms with Gasteiger partial charge in [0.2, 0.25) is 35.6 Å². The number of fused-ring (bicyclic) bond motifs is 3. The number of hydrogen-bond acceptors (Lipinski definition) is 27. The molecule has 3 aliphatic carbocycles. The SMILES string of the molecule is C=CC(=O)N[C@H]1CCOC[C@H]1Nc1ncc2cc(-c3c(F)c(OC)cc(OC)c3F)nc(NCC3CC3)c2n1.[2H]C([2H])([2H])Oc1cc(OC([2H])([2H])[2H])c(Cl)c(-c2cc3cnc(N[C@@H]4COCC[C@@H]4NC(=O)C=C)nc3c(NCC3CC3)n2)c1Cl.[2H]C([2H])([2H])Oc1cc(OC([2H])([2H])[2H])c(F)c(-c2cc3cnc(N[C@@H]4COCC[C@@H]4NC(=O)C=C)nc3c(NCC3CC3)n2)c1F. The Balaban J connectivity index is 0.000000166. The fourth-order valence-corrected chi connectivity index (χ4v) is 13.8. The smallest absolute Gasteiger partial charge is 0.243 e. The third kappa shape index (κ3) is 20.0. The van der Waals surface area contributed by atoms with Crippen molar-refractivity contribution in [3.8, 4) is 68.3 Å². The number of methoxy groups -OCH3 is 6. The zero-order valence-corrected chi connectivity index (χ0v) is 64.7. The molecule has 0 unspecified atom stereocenters. The number of nitrogens with one attached hydrogen (secondary N) is 9. The van der Waals surface area contributed by atoms with Crippen molar-refractivity contribution in [1.29, 1.82) is 0 Å². The van der Waals surface area contributed by atoms with E-state index in [2.05, 4.69) is 102 Å². The summed E-state index contributed by atoms with van der Waals surface area (Å²) in [6.45, 7) is 14.6. The second kappa shape index (κ2) is 38.1. The molecule has 36 heteroatoms. The molecule has 3 saturated carbocycles. The van der Waals surface area contributed by atoms with Gasteiger partial charge in [-0.05, 0) is 112 Å². The topological polar surface area (TPSA) is 359 Å². The third-order valence-corrected chi connectivity index (χ3v) is 20.8. The zero-order chi connectivity index (χ0) is 92.6. The van der Waals surface area contributed by atoms with E-state index in [9.17, 15) is 14.4 Å². The average Bonchev–Trinajstić information content (AvgIpc) is 1.71. The van der Waals surface area contributed by atoms with Gasteiger partial charge >= 0.3 is 0 Å². The van der Waals surface area contributed by atoms with Crippen LogP contribution in [-0.2, 0) is 28.6 Å². The lowest BCUT2D eigenvalue weighted by Gasteiger charge is -2.32. The standard InChI is InChI=1S/C27H30Cl2N6O4.2C27H30F2N6O4/c3*1-4-21(36)32-16-7-8-39-13-18(16)34-27-31-12-15-9-17(33-26(25(15)35-27)30-11-14-5-6-14)22-23(28)19(37-2)10-20(38-3)24(22)29/h3*4,9-10,12,14,16,18H,1,5-8,11,13H2,2-3H3,(H,30,33)(H,32,36)(H,31,34,35)/t3*16-,18+/m000/s1/i2*2D3,3D3;. The molecule has 6 atom stereocenters. The van der Waals surface area contributed by atoms with Crippen LogP contribution in [0.2, 0.25) is 10.0 Å². The number of nitrogens with zero attached hydrogens (tertiary/aromatic N) is 9. The van der Waals surface area contributed by atoms with Gasteiger partial charge in [0.05, 0.1) is 153 Å². The van der Waals surface area contributed by atoms with E-state index in [4.69, 9.17) is 92.3 Å². The summed E-state index contributed by atoms with van der Waals surface area (Å²) in [5.41, 5.74) is -0.103. The number of rotatable bonds is 30. The molecular weight excluding hydrogens is 1560 g/mol. The maximum absolute atomic E-state index is 15.7. The molecule has 3 aliphatic heterocycles. The van der Waals surface area contributed by atoms with Crippen molar-refractivity contribution in [3.63, 3.8) is 0 Å². The zero-order valence-electron chi connectivity index (χ0n) is 75.2. The minimum absolute atomic E-state index is 0.00179. The summed E-state index contributed by atoms with van der Waals surface area (Å²) >= 11 is 13.3. The first-order valence-corrected chi connectivity index (χ1v) is 38.1. The van der Waals surface area contributed by atoms with Gasteiger partial charge in [-0.2, -0.15) is 0 Å². The molecule has 6 aromatic heterocycles. The summed E-state index contributed by atoms with van der Waals surface area (Å²) < 4.78 is 198. The highest BCUT2D eigenvalue weighted by atomic mass is 35.5. The number of amides is 3. The number of anilines is 6. The normalized spacial score (nSPS) is 20.8. The third-order valence-electron chi connectivity index (χ3n) is 20.1. The molecule has 3 saturated heterocycles. The highest BCUT2D eigenvalue weighted by Gasteiger charge is 2.34. The lowest BCUT2D eigenvalue weighted by molar-refractivity contribution is -0.118. The van der Waals surface area contributed by atoms with Gasteiger partial charge in [0.15, 0.2) is 63.7 Å². The van der Waals surface area contributed by atoms with Crippen molar-refractivity contribution in [2.45, 2.75) is 94.0 Å².